The van der Waals surface area contributed by atoms with Crippen LogP contribution in [0, 0.1) is 0 Å². The van der Waals surface area contributed by atoms with E-state index in [1.165, 1.54) is 44.1 Å². The fourth-order valence-electron chi connectivity index (χ4n) is 3.10. The predicted molar refractivity (Wildman–Crippen MR) is 85.0 cm³/mol. The SMILES string of the molecule is CCC(CBr)(CCCC1CCCO1)c1ccccc1. The number of halogens is 1. The highest BCUT2D eigenvalue weighted by atomic mass is 79.9. The minimum absolute atomic E-state index is 0.292. The summed E-state index contributed by atoms with van der Waals surface area (Å²) in [5.74, 6) is 0. The minimum atomic E-state index is 0.292. The van der Waals surface area contributed by atoms with Crippen LogP contribution in [0.25, 0.3) is 0 Å². The lowest BCUT2D eigenvalue weighted by Crippen LogP contribution is -2.27. The molecule has 0 radical (unpaired) electrons. The molecule has 0 amide bonds. The van der Waals surface area contributed by atoms with E-state index >= 15 is 0 Å². The van der Waals surface area contributed by atoms with Crippen molar-refractivity contribution in [2.24, 2.45) is 0 Å². The van der Waals surface area contributed by atoms with Crippen LogP contribution in [0.2, 0.25) is 0 Å². The van der Waals surface area contributed by atoms with Crippen molar-refractivity contribution < 1.29 is 4.74 Å². The summed E-state index contributed by atoms with van der Waals surface area (Å²) in [5, 5.41) is 1.05. The Balaban J connectivity index is 1.95. The number of hydrogen-bond donors (Lipinski definition) is 0. The second-order valence-electron chi connectivity index (χ2n) is 5.66. The molecule has 2 unspecified atom stereocenters. The first-order chi connectivity index (χ1) is 9.30. The molecule has 2 heteroatoms. The maximum atomic E-state index is 5.73. The van der Waals surface area contributed by atoms with Crippen molar-refractivity contribution in [1.82, 2.24) is 0 Å². The van der Waals surface area contributed by atoms with E-state index in [1.807, 2.05) is 0 Å². The molecule has 1 saturated heterocycles. The second kappa shape index (κ2) is 7.44. The average molecular weight is 325 g/mol. The van der Waals surface area contributed by atoms with Crippen molar-refractivity contribution in [3.63, 3.8) is 0 Å². The summed E-state index contributed by atoms with van der Waals surface area (Å²) in [4.78, 5) is 0. The van der Waals surface area contributed by atoms with Gasteiger partial charge in [0, 0.05) is 17.4 Å². The Bertz CT molecular complexity index is 353. The van der Waals surface area contributed by atoms with Crippen molar-refractivity contribution >= 4 is 15.9 Å². The van der Waals surface area contributed by atoms with Crippen LogP contribution < -0.4 is 0 Å². The van der Waals surface area contributed by atoms with Crippen LogP contribution in [0.4, 0.5) is 0 Å². The molecule has 1 nitrogen and oxygen atoms in total. The summed E-state index contributed by atoms with van der Waals surface area (Å²) < 4.78 is 5.73. The Morgan fingerprint density at radius 3 is 2.68 bits per heavy atom. The van der Waals surface area contributed by atoms with Crippen molar-refractivity contribution in [1.29, 1.82) is 0 Å². The fourth-order valence-corrected chi connectivity index (χ4v) is 4.10. The molecule has 0 N–H and O–H groups in total. The lowest BCUT2D eigenvalue weighted by molar-refractivity contribution is 0.100. The summed E-state index contributed by atoms with van der Waals surface area (Å²) in [6, 6.07) is 11.0. The predicted octanol–water partition coefficient (Wildman–Crippen LogP) is 5.08. The molecule has 0 bridgehead atoms. The van der Waals surface area contributed by atoms with E-state index in [2.05, 4.69) is 53.2 Å². The molecule has 1 aliphatic heterocycles. The second-order valence-corrected chi connectivity index (χ2v) is 6.22. The van der Waals surface area contributed by atoms with Gasteiger partial charge in [0.1, 0.15) is 0 Å². The maximum Gasteiger partial charge on any atom is 0.0576 e. The van der Waals surface area contributed by atoms with E-state index in [4.69, 9.17) is 4.74 Å². The largest absolute Gasteiger partial charge is 0.378 e. The number of benzene rings is 1. The lowest BCUT2D eigenvalue weighted by Gasteiger charge is -2.32. The Hall–Kier alpha value is -0.340. The molecular weight excluding hydrogens is 300 g/mol. The summed E-state index contributed by atoms with van der Waals surface area (Å²) in [6.45, 7) is 3.28. The quantitative estimate of drug-likeness (QED) is 0.635. The average Bonchev–Trinajstić information content (AvgIpc) is 2.98. The van der Waals surface area contributed by atoms with Gasteiger partial charge in [-0.25, -0.2) is 0 Å². The van der Waals surface area contributed by atoms with Crippen molar-refractivity contribution in [2.75, 3.05) is 11.9 Å². The third-order valence-corrected chi connectivity index (χ3v) is 5.60. The van der Waals surface area contributed by atoms with Gasteiger partial charge in [-0.3, -0.25) is 0 Å². The Morgan fingerprint density at radius 2 is 2.11 bits per heavy atom. The molecule has 2 rings (SSSR count). The van der Waals surface area contributed by atoms with E-state index in [0.29, 0.717) is 11.5 Å². The molecule has 19 heavy (non-hydrogen) atoms. The van der Waals surface area contributed by atoms with E-state index in [9.17, 15) is 0 Å². The molecule has 1 heterocycles. The zero-order valence-corrected chi connectivity index (χ0v) is 13.5. The lowest BCUT2D eigenvalue weighted by atomic mass is 9.76. The summed E-state index contributed by atoms with van der Waals surface area (Å²) in [5.41, 5.74) is 1.77. The molecule has 0 aromatic heterocycles. The first-order valence-electron chi connectivity index (χ1n) is 7.54. The molecule has 1 aromatic rings. The molecule has 2 atom stereocenters. The normalized spacial score (nSPS) is 22.3. The molecule has 0 aliphatic carbocycles. The van der Waals surface area contributed by atoms with Gasteiger partial charge in [0.05, 0.1) is 6.10 Å². The van der Waals surface area contributed by atoms with Crippen LogP contribution in [-0.2, 0) is 10.2 Å². The topological polar surface area (TPSA) is 9.23 Å². The molecular formula is C17H25BrO. The summed E-state index contributed by atoms with van der Waals surface area (Å²) in [6.07, 6.45) is 7.97. The van der Waals surface area contributed by atoms with Crippen LogP contribution in [-0.4, -0.2) is 18.0 Å². The molecule has 1 aromatic carbocycles. The monoisotopic (exact) mass is 324 g/mol. The van der Waals surface area contributed by atoms with E-state index in [1.54, 1.807) is 0 Å². The van der Waals surface area contributed by atoms with Crippen molar-refractivity contribution in [3.05, 3.63) is 35.9 Å². The van der Waals surface area contributed by atoms with Crippen molar-refractivity contribution in [3.8, 4) is 0 Å². The van der Waals surface area contributed by atoms with Gasteiger partial charge in [0.25, 0.3) is 0 Å². The molecule has 1 fully saturated rings. The smallest absolute Gasteiger partial charge is 0.0576 e. The van der Waals surface area contributed by atoms with E-state index in [-0.39, 0.29) is 0 Å². The van der Waals surface area contributed by atoms with Crippen LogP contribution in [0.15, 0.2) is 30.3 Å². The highest BCUT2D eigenvalue weighted by molar-refractivity contribution is 9.09. The van der Waals surface area contributed by atoms with Gasteiger partial charge in [-0.05, 0) is 44.1 Å². The van der Waals surface area contributed by atoms with Crippen LogP contribution in [0.1, 0.15) is 51.0 Å². The van der Waals surface area contributed by atoms with Gasteiger partial charge in [0.15, 0.2) is 0 Å². The van der Waals surface area contributed by atoms with E-state index in [0.717, 1.165) is 11.9 Å². The van der Waals surface area contributed by atoms with Crippen LogP contribution in [0.3, 0.4) is 0 Å². The Labute approximate surface area is 125 Å². The minimum Gasteiger partial charge on any atom is -0.378 e. The van der Waals surface area contributed by atoms with Gasteiger partial charge in [-0.2, -0.15) is 0 Å². The molecule has 106 valence electrons. The Morgan fingerprint density at radius 1 is 1.32 bits per heavy atom. The van der Waals surface area contributed by atoms with Gasteiger partial charge in [-0.15, -0.1) is 0 Å². The van der Waals surface area contributed by atoms with Crippen LogP contribution >= 0.6 is 15.9 Å². The fraction of sp³-hybridized carbons (Fsp3) is 0.647. The first kappa shape index (κ1) is 15.1. The molecule has 1 aliphatic rings. The summed E-state index contributed by atoms with van der Waals surface area (Å²) in [7, 11) is 0. The number of ether oxygens (including phenoxy) is 1. The van der Waals surface area contributed by atoms with Gasteiger partial charge >= 0.3 is 0 Å². The number of rotatable bonds is 7. The van der Waals surface area contributed by atoms with Gasteiger partial charge in [-0.1, -0.05) is 53.2 Å². The van der Waals surface area contributed by atoms with Crippen molar-refractivity contribution in [2.45, 2.75) is 57.0 Å². The molecule has 0 saturated carbocycles. The highest BCUT2D eigenvalue weighted by Gasteiger charge is 2.29. The van der Waals surface area contributed by atoms with Crippen LogP contribution in [0.5, 0.6) is 0 Å². The highest BCUT2D eigenvalue weighted by Crippen LogP contribution is 2.36. The zero-order chi connectivity index (χ0) is 13.6. The first-order valence-corrected chi connectivity index (χ1v) is 8.66. The number of alkyl halides is 1. The number of hydrogen-bond acceptors (Lipinski definition) is 1. The molecule has 0 spiro atoms. The third kappa shape index (κ3) is 3.82. The zero-order valence-electron chi connectivity index (χ0n) is 11.9. The summed E-state index contributed by atoms with van der Waals surface area (Å²) >= 11 is 3.75. The van der Waals surface area contributed by atoms with Gasteiger partial charge in [0.2, 0.25) is 0 Å². The van der Waals surface area contributed by atoms with Gasteiger partial charge < -0.3 is 4.74 Å². The third-order valence-electron chi connectivity index (χ3n) is 4.52. The maximum absolute atomic E-state index is 5.73. The Kier molecular flexibility index (Phi) is 5.90. The standard InChI is InChI=1S/C17H25BrO/c1-2-17(14-18,15-8-4-3-5-9-15)12-6-10-16-11-7-13-19-16/h3-5,8-9,16H,2,6-7,10-14H2,1H3. The van der Waals surface area contributed by atoms with E-state index < -0.39 is 0 Å².